The summed E-state index contributed by atoms with van der Waals surface area (Å²) in [6.07, 6.45) is 3.82. The lowest BCUT2D eigenvalue weighted by Gasteiger charge is -2.15. The lowest BCUT2D eigenvalue weighted by atomic mass is 10.1. The number of para-hydroxylation sites is 1. The van der Waals surface area contributed by atoms with Crippen molar-refractivity contribution < 1.29 is 9.53 Å². The van der Waals surface area contributed by atoms with Crippen LogP contribution in [0.1, 0.15) is 23.1 Å². The largest absolute Gasteiger partial charge is 0.450 e. The van der Waals surface area contributed by atoms with Gasteiger partial charge in [0, 0.05) is 40.9 Å². The molecule has 3 aromatic carbocycles. The number of ether oxygens (including phenoxy) is 1. The lowest BCUT2D eigenvalue weighted by molar-refractivity contribution is 0.144. The average molecular weight is 521 g/mol. The second-order valence-corrected chi connectivity index (χ2v) is 9.22. The number of anilines is 1. The molecule has 0 bridgehead atoms. The molecule has 0 atom stereocenters. The highest BCUT2D eigenvalue weighted by Gasteiger charge is 2.08. The van der Waals surface area contributed by atoms with Crippen LogP contribution in [0.25, 0.3) is 10.9 Å². The van der Waals surface area contributed by atoms with Crippen LogP contribution in [0.3, 0.4) is 0 Å². The van der Waals surface area contributed by atoms with Gasteiger partial charge in [-0.05, 0) is 72.4 Å². The minimum Gasteiger partial charge on any atom is -0.450 e. The number of rotatable bonds is 10. The topological polar surface area (TPSA) is 78.2 Å². The number of amides is 1. The zero-order valence-corrected chi connectivity index (χ0v) is 21.4. The predicted molar refractivity (Wildman–Crippen MR) is 151 cm³/mol. The summed E-state index contributed by atoms with van der Waals surface area (Å²) in [6, 6.07) is 23.6. The zero-order chi connectivity index (χ0) is 25.2. The number of aryl methyl sites for hydroxylation is 1. The van der Waals surface area contributed by atoms with Crippen LogP contribution in [0.5, 0.6) is 0 Å². The first kappa shape index (κ1) is 25.5. The van der Waals surface area contributed by atoms with E-state index in [0.29, 0.717) is 42.7 Å². The molecule has 1 heterocycles. The van der Waals surface area contributed by atoms with Crippen molar-refractivity contribution in [1.82, 2.24) is 15.6 Å². The highest BCUT2D eigenvalue weighted by atomic mass is 35.5. The van der Waals surface area contributed by atoms with E-state index in [2.05, 4.69) is 33.1 Å². The highest BCUT2D eigenvalue weighted by molar-refractivity contribution is 7.80. The molecule has 0 fully saturated rings. The van der Waals surface area contributed by atoms with E-state index in [-0.39, 0.29) is 0 Å². The average Bonchev–Trinajstić information content (AvgIpc) is 3.30. The van der Waals surface area contributed by atoms with E-state index in [1.165, 1.54) is 10.9 Å². The first-order valence-corrected chi connectivity index (χ1v) is 12.7. The number of carbonyl (C=O) groups excluding carboxylic acids is 1. The number of hydrogen-bond acceptors (Lipinski definition) is 3. The highest BCUT2D eigenvalue weighted by Crippen LogP contribution is 2.22. The minimum absolute atomic E-state index is 0.305. The molecule has 6 nitrogen and oxygen atoms in total. The summed E-state index contributed by atoms with van der Waals surface area (Å²) in [7, 11) is 0. The first-order valence-electron chi connectivity index (χ1n) is 11.9. The van der Waals surface area contributed by atoms with E-state index in [1.54, 1.807) is 0 Å². The second kappa shape index (κ2) is 13.0. The second-order valence-electron chi connectivity index (χ2n) is 8.37. The summed E-state index contributed by atoms with van der Waals surface area (Å²) in [6.45, 7) is 1.45. The Kier molecular flexibility index (Phi) is 9.19. The van der Waals surface area contributed by atoms with Gasteiger partial charge in [-0.25, -0.2) is 4.79 Å². The molecule has 0 saturated carbocycles. The van der Waals surface area contributed by atoms with Gasteiger partial charge in [-0.2, -0.15) is 0 Å². The number of benzene rings is 3. The fraction of sp³-hybridized carbons (Fsp3) is 0.214. The molecule has 4 rings (SSSR count). The van der Waals surface area contributed by atoms with Crippen LogP contribution in [0.15, 0.2) is 79.0 Å². The molecule has 0 aliphatic rings. The van der Waals surface area contributed by atoms with Crippen molar-refractivity contribution in [1.29, 1.82) is 0 Å². The van der Waals surface area contributed by atoms with Gasteiger partial charge in [0.05, 0.1) is 6.61 Å². The minimum atomic E-state index is -0.427. The Morgan fingerprint density at radius 3 is 2.61 bits per heavy atom. The van der Waals surface area contributed by atoms with Gasteiger partial charge in [0.25, 0.3) is 0 Å². The van der Waals surface area contributed by atoms with E-state index in [9.17, 15) is 4.79 Å². The summed E-state index contributed by atoms with van der Waals surface area (Å²) < 4.78 is 5.31. The zero-order valence-electron chi connectivity index (χ0n) is 19.9. The van der Waals surface area contributed by atoms with Crippen molar-refractivity contribution >= 4 is 51.6 Å². The molecule has 8 heteroatoms. The number of aromatic amines is 1. The normalized spacial score (nSPS) is 10.7. The molecule has 0 aliphatic heterocycles. The van der Waals surface area contributed by atoms with Crippen molar-refractivity contribution in [2.75, 3.05) is 18.5 Å². The number of H-pyrrole nitrogens is 1. The Morgan fingerprint density at radius 2 is 1.75 bits per heavy atom. The van der Waals surface area contributed by atoms with E-state index < -0.39 is 6.09 Å². The van der Waals surface area contributed by atoms with Gasteiger partial charge in [-0.3, -0.25) is 0 Å². The molecular formula is C28H29ClN4O2S. The quantitative estimate of drug-likeness (QED) is 0.148. The van der Waals surface area contributed by atoms with E-state index in [1.807, 2.05) is 66.9 Å². The SMILES string of the molecule is O=C(NCc1ccccc1)OCCCc1cc(Cl)ccc1NC(=S)NCCc1c[nH]c2ccccc12. The van der Waals surface area contributed by atoms with Crippen molar-refractivity contribution in [2.24, 2.45) is 0 Å². The Hall–Kier alpha value is -3.55. The van der Waals surface area contributed by atoms with Gasteiger partial charge >= 0.3 is 6.09 Å². The van der Waals surface area contributed by atoms with Gasteiger partial charge in [0.1, 0.15) is 0 Å². The summed E-state index contributed by atoms with van der Waals surface area (Å²) in [5.41, 5.74) is 5.31. The van der Waals surface area contributed by atoms with Gasteiger partial charge in [0.2, 0.25) is 0 Å². The molecular weight excluding hydrogens is 492 g/mol. The van der Waals surface area contributed by atoms with Gasteiger partial charge in [-0.15, -0.1) is 0 Å². The van der Waals surface area contributed by atoms with Crippen LogP contribution < -0.4 is 16.0 Å². The van der Waals surface area contributed by atoms with Crippen LogP contribution in [-0.2, 0) is 24.1 Å². The van der Waals surface area contributed by atoms with Crippen LogP contribution >= 0.6 is 23.8 Å². The van der Waals surface area contributed by atoms with Crippen LogP contribution in [0.2, 0.25) is 5.02 Å². The van der Waals surface area contributed by atoms with Crippen molar-refractivity contribution in [3.05, 3.63) is 101 Å². The third-order valence-corrected chi connectivity index (χ3v) is 6.26. The molecule has 186 valence electrons. The number of aromatic nitrogens is 1. The smallest absolute Gasteiger partial charge is 0.407 e. The maximum atomic E-state index is 12.0. The van der Waals surface area contributed by atoms with Gasteiger partial charge in [0.15, 0.2) is 5.11 Å². The summed E-state index contributed by atoms with van der Waals surface area (Å²) in [5.74, 6) is 0. The summed E-state index contributed by atoms with van der Waals surface area (Å²) in [5, 5.41) is 11.8. The number of alkyl carbamates (subject to hydrolysis) is 1. The van der Waals surface area contributed by atoms with Crippen LogP contribution in [-0.4, -0.2) is 29.3 Å². The molecule has 4 aromatic rings. The fourth-order valence-corrected chi connectivity index (χ4v) is 4.36. The van der Waals surface area contributed by atoms with Crippen molar-refractivity contribution in [3.8, 4) is 0 Å². The van der Waals surface area contributed by atoms with Crippen LogP contribution in [0.4, 0.5) is 10.5 Å². The Labute approximate surface area is 221 Å². The number of hydrogen-bond donors (Lipinski definition) is 4. The third-order valence-electron chi connectivity index (χ3n) is 5.77. The number of nitrogens with one attached hydrogen (secondary N) is 4. The molecule has 0 radical (unpaired) electrons. The van der Waals surface area contributed by atoms with Gasteiger partial charge in [-0.1, -0.05) is 60.1 Å². The summed E-state index contributed by atoms with van der Waals surface area (Å²) >= 11 is 11.7. The van der Waals surface area contributed by atoms with E-state index in [4.69, 9.17) is 28.6 Å². The Bertz CT molecular complexity index is 1310. The van der Waals surface area contributed by atoms with Crippen molar-refractivity contribution in [3.63, 3.8) is 0 Å². The third kappa shape index (κ3) is 7.47. The van der Waals surface area contributed by atoms with E-state index in [0.717, 1.165) is 28.8 Å². The van der Waals surface area contributed by atoms with Crippen LogP contribution in [0, 0.1) is 0 Å². The standard InChI is InChI=1S/C28H29ClN4O2S/c29-23-12-13-25(33-27(36)30-15-14-22-19-31-26-11-5-4-10-24(22)26)21(17-23)9-6-16-35-28(34)32-18-20-7-2-1-3-8-20/h1-5,7-8,10-13,17,19,31H,6,9,14-16,18H2,(H,32,34)(H2,30,33,36). The molecule has 36 heavy (non-hydrogen) atoms. The molecule has 0 spiro atoms. The first-order chi connectivity index (χ1) is 17.6. The molecule has 4 N–H and O–H groups in total. The predicted octanol–water partition coefficient (Wildman–Crippen LogP) is 6.21. The van der Waals surface area contributed by atoms with Crippen molar-refractivity contribution in [2.45, 2.75) is 25.8 Å². The number of halogens is 1. The Balaban J connectivity index is 1.21. The van der Waals surface area contributed by atoms with E-state index >= 15 is 0 Å². The number of fused-ring (bicyclic) bond motifs is 1. The lowest BCUT2D eigenvalue weighted by Crippen LogP contribution is -2.30. The fourth-order valence-electron chi connectivity index (χ4n) is 3.96. The summed E-state index contributed by atoms with van der Waals surface area (Å²) in [4.78, 5) is 15.3. The maximum absolute atomic E-state index is 12.0. The van der Waals surface area contributed by atoms with Gasteiger partial charge < -0.3 is 25.7 Å². The number of thiocarbonyl (C=S) groups is 1. The molecule has 1 amide bonds. The molecule has 0 unspecified atom stereocenters. The molecule has 1 aromatic heterocycles. The molecule has 0 aliphatic carbocycles. The maximum Gasteiger partial charge on any atom is 0.407 e. The number of carbonyl (C=O) groups is 1. The molecule has 0 saturated heterocycles. The monoisotopic (exact) mass is 520 g/mol. The Morgan fingerprint density at radius 1 is 0.944 bits per heavy atom.